The van der Waals surface area contributed by atoms with Gasteiger partial charge in [-0.25, -0.2) is 4.39 Å². The highest BCUT2D eigenvalue weighted by Crippen LogP contribution is 2.22. The maximum absolute atomic E-state index is 13.7. The molecule has 1 heterocycles. The van der Waals surface area contributed by atoms with Gasteiger partial charge in [-0.1, -0.05) is 11.2 Å². The molecule has 0 radical (unpaired) electrons. The smallest absolute Gasteiger partial charge is 0.257 e. The van der Waals surface area contributed by atoms with Gasteiger partial charge in [-0.3, -0.25) is 4.79 Å². The van der Waals surface area contributed by atoms with Crippen molar-refractivity contribution in [1.29, 1.82) is 0 Å². The predicted molar refractivity (Wildman–Crippen MR) is 74.8 cm³/mol. The molecule has 0 aliphatic heterocycles. The number of nitrogens with zero attached hydrogens (tertiary/aromatic N) is 1. The summed E-state index contributed by atoms with van der Waals surface area (Å²) in [5.74, 6) is -0.135. The molecule has 21 heavy (non-hydrogen) atoms. The third-order valence-electron chi connectivity index (χ3n) is 3.28. The number of amides is 1. The zero-order valence-corrected chi connectivity index (χ0v) is 12.4. The van der Waals surface area contributed by atoms with Gasteiger partial charge in [0.15, 0.2) is 11.6 Å². The molecule has 0 fully saturated rings. The fourth-order valence-electron chi connectivity index (χ4n) is 2.11. The van der Waals surface area contributed by atoms with Crippen LogP contribution >= 0.6 is 0 Å². The van der Waals surface area contributed by atoms with E-state index in [1.807, 2.05) is 0 Å². The Labute approximate surface area is 122 Å². The Kier molecular flexibility index (Phi) is 4.26. The molecule has 1 unspecified atom stereocenters. The lowest BCUT2D eigenvalue weighted by molar-refractivity contribution is 0.0937. The topological polar surface area (TPSA) is 64.4 Å². The number of halogens is 1. The van der Waals surface area contributed by atoms with Crippen molar-refractivity contribution < 1.29 is 18.4 Å². The number of methoxy groups -OCH3 is 1. The second-order valence-corrected chi connectivity index (χ2v) is 4.79. The Morgan fingerprint density at radius 2 is 2.14 bits per heavy atom. The van der Waals surface area contributed by atoms with Crippen LogP contribution in [0, 0.1) is 19.7 Å². The number of ether oxygens (including phenoxy) is 1. The van der Waals surface area contributed by atoms with E-state index >= 15 is 0 Å². The van der Waals surface area contributed by atoms with E-state index in [1.165, 1.54) is 19.2 Å². The number of carbonyl (C=O) groups excluding carboxylic acids is 1. The fourth-order valence-corrected chi connectivity index (χ4v) is 2.11. The largest absolute Gasteiger partial charge is 0.494 e. The van der Waals surface area contributed by atoms with Gasteiger partial charge in [-0.15, -0.1) is 0 Å². The van der Waals surface area contributed by atoms with E-state index in [4.69, 9.17) is 9.26 Å². The van der Waals surface area contributed by atoms with Crippen molar-refractivity contribution in [2.45, 2.75) is 26.8 Å². The average Bonchev–Trinajstić information content (AvgIpc) is 2.77. The van der Waals surface area contributed by atoms with E-state index < -0.39 is 5.82 Å². The van der Waals surface area contributed by atoms with Gasteiger partial charge < -0.3 is 14.6 Å². The van der Waals surface area contributed by atoms with Gasteiger partial charge in [0, 0.05) is 0 Å². The first-order valence-corrected chi connectivity index (χ1v) is 6.51. The van der Waals surface area contributed by atoms with E-state index in [0.717, 1.165) is 0 Å². The molecule has 2 aromatic rings. The van der Waals surface area contributed by atoms with Crippen molar-refractivity contribution in [3.63, 3.8) is 0 Å². The molecular formula is C15H17FN2O3. The molecule has 1 aromatic carbocycles. The van der Waals surface area contributed by atoms with E-state index in [0.29, 0.717) is 22.6 Å². The lowest BCUT2D eigenvalue weighted by Crippen LogP contribution is -2.27. The van der Waals surface area contributed by atoms with Crippen LogP contribution in [0.3, 0.4) is 0 Å². The average molecular weight is 292 g/mol. The predicted octanol–water partition coefficient (Wildman–Crippen LogP) is 2.93. The molecule has 0 saturated carbocycles. The molecule has 1 atom stereocenters. The third kappa shape index (κ3) is 3.04. The van der Waals surface area contributed by atoms with Crippen LogP contribution in [0.15, 0.2) is 22.7 Å². The van der Waals surface area contributed by atoms with Crippen LogP contribution in [0.2, 0.25) is 0 Å². The zero-order chi connectivity index (χ0) is 15.6. The standard InChI is InChI=1S/C15H17FN2O3/c1-8(11-5-6-13(20-4)12(16)7-11)17-15(19)14-9(2)18-21-10(14)3/h5-8H,1-4H3,(H,17,19). The number of benzene rings is 1. The van der Waals surface area contributed by atoms with Crippen LogP contribution in [0.25, 0.3) is 0 Å². The SMILES string of the molecule is COc1ccc(C(C)NC(=O)c2c(C)noc2C)cc1F. The Morgan fingerprint density at radius 3 is 2.67 bits per heavy atom. The summed E-state index contributed by atoms with van der Waals surface area (Å²) in [6.07, 6.45) is 0. The van der Waals surface area contributed by atoms with Crippen molar-refractivity contribution in [1.82, 2.24) is 10.5 Å². The molecule has 0 spiro atoms. The van der Waals surface area contributed by atoms with Crippen LogP contribution in [-0.2, 0) is 0 Å². The Morgan fingerprint density at radius 1 is 1.43 bits per heavy atom. The summed E-state index contributed by atoms with van der Waals surface area (Å²) in [7, 11) is 1.40. The molecule has 6 heteroatoms. The highest BCUT2D eigenvalue weighted by molar-refractivity contribution is 5.96. The minimum atomic E-state index is -0.464. The summed E-state index contributed by atoms with van der Waals surface area (Å²) in [5.41, 5.74) is 1.59. The first-order valence-electron chi connectivity index (χ1n) is 6.51. The van der Waals surface area contributed by atoms with Crippen molar-refractivity contribution >= 4 is 5.91 Å². The highest BCUT2D eigenvalue weighted by Gasteiger charge is 2.20. The van der Waals surface area contributed by atoms with Gasteiger partial charge in [-0.05, 0) is 38.5 Å². The van der Waals surface area contributed by atoms with Crippen molar-refractivity contribution in [2.24, 2.45) is 0 Å². The number of hydrogen-bond donors (Lipinski definition) is 1. The Bertz CT molecular complexity index is 647. The van der Waals surface area contributed by atoms with Crippen molar-refractivity contribution in [2.75, 3.05) is 7.11 Å². The maximum atomic E-state index is 13.7. The summed E-state index contributed by atoms with van der Waals surface area (Å²) >= 11 is 0. The summed E-state index contributed by atoms with van der Waals surface area (Å²) in [5, 5.41) is 6.54. The number of aryl methyl sites for hydroxylation is 2. The number of nitrogens with one attached hydrogen (secondary N) is 1. The van der Waals surface area contributed by atoms with Crippen LogP contribution < -0.4 is 10.1 Å². The minimum absolute atomic E-state index is 0.169. The molecule has 5 nitrogen and oxygen atoms in total. The number of hydrogen-bond acceptors (Lipinski definition) is 4. The lowest BCUT2D eigenvalue weighted by atomic mass is 10.1. The highest BCUT2D eigenvalue weighted by atomic mass is 19.1. The zero-order valence-electron chi connectivity index (χ0n) is 12.4. The van der Waals surface area contributed by atoms with Gasteiger partial charge in [-0.2, -0.15) is 0 Å². The molecule has 1 N–H and O–H groups in total. The first kappa shape index (κ1) is 15.0. The van der Waals surface area contributed by atoms with E-state index in [1.54, 1.807) is 26.8 Å². The molecule has 0 saturated heterocycles. The second-order valence-electron chi connectivity index (χ2n) is 4.79. The van der Waals surface area contributed by atoms with Crippen molar-refractivity contribution in [3.8, 4) is 5.75 Å². The Hall–Kier alpha value is -2.37. The molecule has 1 amide bonds. The monoisotopic (exact) mass is 292 g/mol. The number of rotatable bonds is 4. The van der Waals surface area contributed by atoms with Gasteiger partial charge in [0.05, 0.1) is 18.8 Å². The second kappa shape index (κ2) is 5.95. The summed E-state index contributed by atoms with van der Waals surface area (Å²) in [6, 6.07) is 4.23. The number of aromatic nitrogens is 1. The number of carbonyl (C=O) groups is 1. The van der Waals surface area contributed by atoms with E-state index in [2.05, 4.69) is 10.5 Å². The molecular weight excluding hydrogens is 275 g/mol. The van der Waals surface area contributed by atoms with E-state index in [9.17, 15) is 9.18 Å². The summed E-state index contributed by atoms with van der Waals surface area (Å²) in [4.78, 5) is 12.2. The summed E-state index contributed by atoms with van der Waals surface area (Å²) < 4.78 is 23.5. The van der Waals surface area contributed by atoms with Crippen molar-refractivity contribution in [3.05, 3.63) is 46.6 Å². The Balaban J connectivity index is 2.16. The summed E-state index contributed by atoms with van der Waals surface area (Å²) in [6.45, 7) is 5.15. The van der Waals surface area contributed by atoms with E-state index in [-0.39, 0.29) is 17.7 Å². The van der Waals surface area contributed by atoms with Gasteiger partial charge in [0.25, 0.3) is 5.91 Å². The van der Waals surface area contributed by atoms with Crippen LogP contribution in [0.1, 0.15) is 40.3 Å². The molecule has 0 bridgehead atoms. The molecule has 2 rings (SSSR count). The molecule has 0 aliphatic rings. The lowest BCUT2D eigenvalue weighted by Gasteiger charge is -2.15. The fraction of sp³-hybridized carbons (Fsp3) is 0.333. The van der Waals surface area contributed by atoms with Gasteiger partial charge in [0.2, 0.25) is 0 Å². The normalized spacial score (nSPS) is 12.0. The minimum Gasteiger partial charge on any atom is -0.494 e. The van der Waals surface area contributed by atoms with Crippen LogP contribution in [0.4, 0.5) is 4.39 Å². The molecule has 0 aliphatic carbocycles. The molecule has 112 valence electrons. The van der Waals surface area contributed by atoms with Crippen LogP contribution in [-0.4, -0.2) is 18.2 Å². The van der Waals surface area contributed by atoms with Gasteiger partial charge >= 0.3 is 0 Å². The van der Waals surface area contributed by atoms with Crippen LogP contribution in [0.5, 0.6) is 5.75 Å². The quantitative estimate of drug-likeness (QED) is 0.941. The third-order valence-corrected chi connectivity index (χ3v) is 3.28. The first-order chi connectivity index (χ1) is 9.93. The van der Waals surface area contributed by atoms with Gasteiger partial charge in [0.1, 0.15) is 11.3 Å². The maximum Gasteiger partial charge on any atom is 0.257 e. The molecule has 1 aromatic heterocycles.